The number of unbranched alkanes of at least 4 members (excludes halogenated alkanes) is 9. The van der Waals surface area contributed by atoms with Crippen LogP contribution < -0.4 is 5.01 Å². The first-order valence-corrected chi connectivity index (χ1v) is 11.1. The Hall–Kier alpha value is -1.51. The first-order chi connectivity index (χ1) is 12.9. The highest BCUT2D eigenvalue weighted by atomic mass is 15.6. The first-order valence-electron chi connectivity index (χ1n) is 11.1. The van der Waals surface area contributed by atoms with Crippen molar-refractivity contribution in [3.05, 3.63) is 30.6 Å². The molecule has 0 aliphatic carbocycles. The number of imidazole rings is 1. The van der Waals surface area contributed by atoms with E-state index < -0.39 is 0 Å². The van der Waals surface area contributed by atoms with E-state index in [1.54, 1.807) is 0 Å². The van der Waals surface area contributed by atoms with Gasteiger partial charge >= 0.3 is 0 Å². The summed E-state index contributed by atoms with van der Waals surface area (Å²) in [5.41, 5.74) is 2.36. The summed E-state index contributed by atoms with van der Waals surface area (Å²) in [6.45, 7) is 3.46. The molecule has 1 atom stereocenters. The minimum Gasteiger partial charge on any atom is -0.308 e. The highest BCUT2D eigenvalue weighted by Crippen LogP contribution is 2.24. The van der Waals surface area contributed by atoms with Crippen LogP contribution in [0.1, 0.15) is 90.4 Å². The quantitative estimate of drug-likeness (QED) is 0.408. The van der Waals surface area contributed by atoms with Gasteiger partial charge in [0, 0.05) is 12.6 Å². The molecule has 0 saturated carbocycles. The second-order valence-corrected chi connectivity index (χ2v) is 8.01. The lowest BCUT2D eigenvalue weighted by Crippen LogP contribution is -2.38. The Kier molecular flexibility index (Phi) is 7.85. The number of aromatic nitrogens is 2. The monoisotopic (exact) mass is 355 g/mol. The fourth-order valence-corrected chi connectivity index (χ4v) is 4.42. The van der Waals surface area contributed by atoms with Crippen LogP contribution in [0.25, 0.3) is 11.0 Å². The van der Waals surface area contributed by atoms with Gasteiger partial charge in [-0.15, -0.1) is 0 Å². The average molecular weight is 356 g/mol. The Labute approximate surface area is 159 Å². The van der Waals surface area contributed by atoms with Crippen LogP contribution in [0.3, 0.4) is 0 Å². The number of benzene rings is 1. The molecular formula is C23H37N3. The molecule has 3 heteroatoms. The first kappa shape index (κ1) is 19.3. The molecule has 0 radical (unpaired) electrons. The minimum atomic E-state index is 0.696. The lowest BCUT2D eigenvalue weighted by Gasteiger charge is -2.28. The SMILES string of the molecule is CCCCCCCCCCCC[C@H]1CCCN1n1cnc2ccccc21. The van der Waals surface area contributed by atoms with E-state index in [2.05, 4.69) is 45.9 Å². The van der Waals surface area contributed by atoms with Crippen molar-refractivity contribution in [1.82, 2.24) is 9.66 Å². The van der Waals surface area contributed by atoms with Gasteiger partial charge in [0.05, 0.1) is 11.0 Å². The number of hydrogen-bond acceptors (Lipinski definition) is 2. The normalized spacial score (nSPS) is 17.4. The summed E-state index contributed by atoms with van der Waals surface area (Å²) in [6, 6.07) is 9.19. The summed E-state index contributed by atoms with van der Waals surface area (Å²) in [4.78, 5) is 4.58. The maximum absolute atomic E-state index is 4.58. The molecular weight excluding hydrogens is 318 g/mol. The van der Waals surface area contributed by atoms with Gasteiger partial charge in [-0.05, 0) is 31.4 Å². The zero-order valence-corrected chi connectivity index (χ0v) is 16.7. The highest BCUT2D eigenvalue weighted by molar-refractivity contribution is 5.75. The van der Waals surface area contributed by atoms with Crippen molar-refractivity contribution < 1.29 is 0 Å². The van der Waals surface area contributed by atoms with E-state index in [0.29, 0.717) is 6.04 Å². The van der Waals surface area contributed by atoms with Crippen LogP contribution in [-0.2, 0) is 0 Å². The van der Waals surface area contributed by atoms with Gasteiger partial charge in [0.15, 0.2) is 0 Å². The number of para-hydroxylation sites is 2. The fraction of sp³-hybridized carbons (Fsp3) is 0.696. The van der Waals surface area contributed by atoms with Gasteiger partial charge in [0.25, 0.3) is 0 Å². The molecule has 26 heavy (non-hydrogen) atoms. The summed E-state index contributed by atoms with van der Waals surface area (Å²) < 4.78 is 2.31. The van der Waals surface area contributed by atoms with Gasteiger partial charge < -0.3 is 5.01 Å². The lowest BCUT2D eigenvalue weighted by atomic mass is 10.0. The predicted molar refractivity (Wildman–Crippen MR) is 112 cm³/mol. The molecule has 1 aliphatic rings. The maximum Gasteiger partial charge on any atom is 0.116 e. The number of rotatable bonds is 12. The molecule has 0 amide bonds. The number of fused-ring (bicyclic) bond motifs is 1. The van der Waals surface area contributed by atoms with Gasteiger partial charge in [-0.3, -0.25) is 0 Å². The molecule has 1 saturated heterocycles. The van der Waals surface area contributed by atoms with Gasteiger partial charge in [-0.2, -0.15) is 0 Å². The number of hydrogen-bond donors (Lipinski definition) is 0. The number of nitrogens with zero attached hydrogens (tertiary/aromatic N) is 3. The molecule has 2 heterocycles. The van der Waals surface area contributed by atoms with Crippen molar-refractivity contribution in [2.75, 3.05) is 11.6 Å². The van der Waals surface area contributed by atoms with Crippen LogP contribution in [0.2, 0.25) is 0 Å². The maximum atomic E-state index is 4.58. The zero-order chi connectivity index (χ0) is 18.0. The summed E-state index contributed by atoms with van der Waals surface area (Å²) in [5, 5.41) is 2.56. The van der Waals surface area contributed by atoms with E-state index in [1.165, 1.54) is 95.5 Å². The zero-order valence-electron chi connectivity index (χ0n) is 16.7. The third-order valence-electron chi connectivity index (χ3n) is 5.95. The molecule has 0 spiro atoms. The van der Waals surface area contributed by atoms with Gasteiger partial charge in [-0.1, -0.05) is 83.3 Å². The van der Waals surface area contributed by atoms with Crippen LogP contribution >= 0.6 is 0 Å². The molecule has 144 valence electrons. The van der Waals surface area contributed by atoms with Crippen LogP contribution in [0.4, 0.5) is 0 Å². The second kappa shape index (κ2) is 10.6. The van der Waals surface area contributed by atoms with Crippen LogP contribution in [0.15, 0.2) is 30.6 Å². The Morgan fingerprint density at radius 2 is 1.62 bits per heavy atom. The third-order valence-corrected chi connectivity index (χ3v) is 5.95. The van der Waals surface area contributed by atoms with E-state index in [0.717, 1.165) is 5.52 Å². The predicted octanol–water partition coefficient (Wildman–Crippen LogP) is 6.45. The topological polar surface area (TPSA) is 21.1 Å². The van der Waals surface area contributed by atoms with Crippen LogP contribution in [0.5, 0.6) is 0 Å². The Bertz CT molecular complexity index is 633. The molecule has 1 fully saturated rings. The van der Waals surface area contributed by atoms with E-state index in [-0.39, 0.29) is 0 Å². The summed E-state index contributed by atoms with van der Waals surface area (Å²) in [7, 11) is 0. The molecule has 0 N–H and O–H groups in total. The van der Waals surface area contributed by atoms with Gasteiger partial charge in [0.1, 0.15) is 6.33 Å². The highest BCUT2D eigenvalue weighted by Gasteiger charge is 2.25. The molecule has 0 bridgehead atoms. The summed E-state index contributed by atoms with van der Waals surface area (Å²) in [6.07, 6.45) is 20.2. The Balaban J connectivity index is 1.35. The molecule has 3 rings (SSSR count). The van der Waals surface area contributed by atoms with E-state index in [4.69, 9.17) is 0 Å². The van der Waals surface area contributed by atoms with Crippen molar-refractivity contribution in [3.63, 3.8) is 0 Å². The molecule has 1 aromatic carbocycles. The molecule has 1 aliphatic heterocycles. The van der Waals surface area contributed by atoms with Crippen molar-refractivity contribution in [2.45, 2.75) is 96.4 Å². The molecule has 1 aromatic heterocycles. The van der Waals surface area contributed by atoms with Crippen LogP contribution in [-0.4, -0.2) is 22.2 Å². The average Bonchev–Trinajstić information content (AvgIpc) is 3.29. The summed E-state index contributed by atoms with van der Waals surface area (Å²) in [5.74, 6) is 0. The van der Waals surface area contributed by atoms with Crippen molar-refractivity contribution >= 4 is 11.0 Å². The van der Waals surface area contributed by atoms with Crippen molar-refractivity contribution in [1.29, 1.82) is 0 Å². The Morgan fingerprint density at radius 3 is 2.38 bits per heavy atom. The van der Waals surface area contributed by atoms with E-state index in [1.807, 2.05) is 6.33 Å². The summed E-state index contributed by atoms with van der Waals surface area (Å²) >= 11 is 0. The van der Waals surface area contributed by atoms with E-state index in [9.17, 15) is 0 Å². The minimum absolute atomic E-state index is 0.696. The molecule has 2 aromatic rings. The fourth-order valence-electron chi connectivity index (χ4n) is 4.42. The Morgan fingerprint density at radius 1 is 0.923 bits per heavy atom. The van der Waals surface area contributed by atoms with Crippen LogP contribution in [0, 0.1) is 0 Å². The standard InChI is InChI=1S/C23H37N3/c1-2-3-4-5-6-7-8-9-10-11-15-21-16-14-19-25(21)26-20-24-22-17-12-13-18-23(22)26/h12-13,17-18,20-21H,2-11,14-16,19H2,1H3/t21-/m0/s1. The molecule has 3 nitrogen and oxygen atoms in total. The smallest absolute Gasteiger partial charge is 0.116 e. The molecule has 0 unspecified atom stereocenters. The van der Waals surface area contributed by atoms with Gasteiger partial charge in [-0.25, -0.2) is 9.66 Å². The van der Waals surface area contributed by atoms with E-state index >= 15 is 0 Å². The second-order valence-electron chi connectivity index (χ2n) is 8.01. The third kappa shape index (κ3) is 5.25. The van der Waals surface area contributed by atoms with Crippen molar-refractivity contribution in [3.8, 4) is 0 Å². The largest absolute Gasteiger partial charge is 0.308 e. The van der Waals surface area contributed by atoms with Crippen molar-refractivity contribution in [2.24, 2.45) is 0 Å². The van der Waals surface area contributed by atoms with Gasteiger partial charge in [0.2, 0.25) is 0 Å². The lowest BCUT2D eigenvalue weighted by molar-refractivity contribution is 0.480.